The van der Waals surface area contributed by atoms with E-state index >= 15 is 0 Å². The fourth-order valence-electron chi connectivity index (χ4n) is 1.05. The van der Waals surface area contributed by atoms with Crippen molar-refractivity contribution < 1.29 is 0 Å². The molecule has 1 heterocycles. The minimum absolute atomic E-state index is 0.392. The number of aromatic nitrogens is 2. The van der Waals surface area contributed by atoms with Gasteiger partial charge in [-0.3, -0.25) is 0 Å². The summed E-state index contributed by atoms with van der Waals surface area (Å²) in [6, 6.07) is 9.77. The number of halogens is 1. The summed E-state index contributed by atoms with van der Waals surface area (Å²) in [5, 5.41) is 3.49. The van der Waals surface area contributed by atoms with E-state index in [0.29, 0.717) is 11.0 Å². The van der Waals surface area contributed by atoms with Gasteiger partial charge in [0.15, 0.2) is 0 Å². The lowest BCUT2D eigenvalue weighted by molar-refractivity contribution is 1.20. The number of nitrogens with zero attached hydrogens (tertiary/aromatic N) is 2. The first-order chi connectivity index (χ1) is 6.84. The number of hydrogen-bond acceptors (Lipinski definition) is 3. The molecule has 14 heavy (non-hydrogen) atoms. The molecule has 1 aromatic heterocycles. The Morgan fingerprint density at radius 2 is 1.79 bits per heavy atom. The molecule has 70 valence electrons. The van der Waals surface area contributed by atoms with Crippen molar-refractivity contribution in [1.82, 2.24) is 9.97 Å². The predicted octanol–water partition coefficient (Wildman–Crippen LogP) is 2.87. The van der Waals surface area contributed by atoms with Crippen LogP contribution >= 0.6 is 11.6 Å². The van der Waals surface area contributed by atoms with Gasteiger partial charge in [-0.1, -0.05) is 29.8 Å². The van der Waals surface area contributed by atoms with Crippen LogP contribution in [0.4, 0.5) is 11.5 Å². The lowest BCUT2D eigenvalue weighted by atomic mass is 10.3. The molecule has 2 rings (SSSR count). The van der Waals surface area contributed by atoms with Crippen LogP contribution < -0.4 is 5.32 Å². The van der Waals surface area contributed by atoms with Crippen LogP contribution in [0.3, 0.4) is 0 Å². The first kappa shape index (κ1) is 8.97. The van der Waals surface area contributed by atoms with Gasteiger partial charge in [-0.2, -0.15) is 0 Å². The number of para-hydroxylation sites is 1. The zero-order valence-electron chi connectivity index (χ0n) is 7.31. The Morgan fingerprint density at radius 3 is 2.43 bits per heavy atom. The largest absolute Gasteiger partial charge is 0.339 e. The van der Waals surface area contributed by atoms with E-state index in [9.17, 15) is 0 Å². The summed E-state index contributed by atoms with van der Waals surface area (Å²) in [6.07, 6.45) is 3.10. The second-order valence-corrected chi connectivity index (χ2v) is 3.10. The monoisotopic (exact) mass is 205 g/mol. The summed E-state index contributed by atoms with van der Waals surface area (Å²) in [4.78, 5) is 7.98. The van der Waals surface area contributed by atoms with Gasteiger partial charge in [0.25, 0.3) is 0 Å². The van der Waals surface area contributed by atoms with Crippen LogP contribution in [-0.4, -0.2) is 9.97 Å². The van der Waals surface area contributed by atoms with Gasteiger partial charge >= 0.3 is 0 Å². The van der Waals surface area contributed by atoms with E-state index in [4.69, 9.17) is 11.6 Å². The summed E-state index contributed by atoms with van der Waals surface area (Å²) < 4.78 is 0. The van der Waals surface area contributed by atoms with Gasteiger partial charge in [0.05, 0.1) is 12.4 Å². The van der Waals surface area contributed by atoms with E-state index < -0.39 is 0 Å². The maximum absolute atomic E-state index is 5.61. The zero-order chi connectivity index (χ0) is 9.80. The number of nitrogens with one attached hydrogen (secondary N) is 1. The van der Waals surface area contributed by atoms with Crippen LogP contribution in [0.5, 0.6) is 0 Å². The van der Waals surface area contributed by atoms with Gasteiger partial charge in [-0.05, 0) is 12.1 Å². The van der Waals surface area contributed by atoms with Crippen molar-refractivity contribution in [2.75, 3.05) is 5.32 Å². The zero-order valence-corrected chi connectivity index (χ0v) is 8.07. The molecule has 3 nitrogen and oxygen atoms in total. The first-order valence-electron chi connectivity index (χ1n) is 4.14. The third-order valence-corrected chi connectivity index (χ3v) is 1.86. The minimum atomic E-state index is 0.392. The molecule has 0 saturated heterocycles. The fraction of sp³-hybridized carbons (Fsp3) is 0. The van der Waals surface area contributed by atoms with Gasteiger partial charge in [0.1, 0.15) is 11.0 Å². The number of anilines is 2. The van der Waals surface area contributed by atoms with Crippen LogP contribution in [0.1, 0.15) is 0 Å². The molecule has 0 bridgehead atoms. The van der Waals surface area contributed by atoms with Gasteiger partial charge in [-0.25, -0.2) is 9.97 Å². The molecular weight excluding hydrogens is 198 g/mol. The summed E-state index contributed by atoms with van der Waals surface area (Å²) in [6.45, 7) is 0. The summed E-state index contributed by atoms with van der Waals surface area (Å²) in [5.74, 6) is 0.681. The molecule has 0 amide bonds. The topological polar surface area (TPSA) is 37.8 Å². The average Bonchev–Trinajstić information content (AvgIpc) is 2.23. The van der Waals surface area contributed by atoms with Crippen molar-refractivity contribution >= 4 is 23.1 Å². The molecule has 0 saturated carbocycles. The van der Waals surface area contributed by atoms with Crippen LogP contribution in [0.2, 0.25) is 5.15 Å². The van der Waals surface area contributed by atoms with E-state index in [0.717, 1.165) is 5.69 Å². The van der Waals surface area contributed by atoms with Crippen molar-refractivity contribution in [3.63, 3.8) is 0 Å². The molecule has 0 atom stereocenters. The Morgan fingerprint density at radius 1 is 1.00 bits per heavy atom. The summed E-state index contributed by atoms with van der Waals surface area (Å²) in [7, 11) is 0. The standard InChI is InChI=1S/C10H8ClN3/c11-9-6-13-10(7-12-9)14-8-4-2-1-3-5-8/h1-7H,(H,13,14). The van der Waals surface area contributed by atoms with Gasteiger partial charge < -0.3 is 5.32 Å². The van der Waals surface area contributed by atoms with Crippen molar-refractivity contribution in [3.05, 3.63) is 47.9 Å². The van der Waals surface area contributed by atoms with Gasteiger partial charge in [0.2, 0.25) is 0 Å². The average molecular weight is 206 g/mol. The second-order valence-electron chi connectivity index (χ2n) is 2.72. The summed E-state index contributed by atoms with van der Waals surface area (Å²) >= 11 is 5.61. The van der Waals surface area contributed by atoms with Crippen LogP contribution in [0.25, 0.3) is 0 Å². The maximum atomic E-state index is 5.61. The highest BCUT2D eigenvalue weighted by Crippen LogP contribution is 2.13. The third kappa shape index (κ3) is 2.20. The smallest absolute Gasteiger partial charge is 0.148 e. The van der Waals surface area contributed by atoms with E-state index in [1.165, 1.54) is 6.20 Å². The number of benzene rings is 1. The van der Waals surface area contributed by atoms with Crippen molar-refractivity contribution in [3.8, 4) is 0 Å². The number of rotatable bonds is 2. The first-order valence-corrected chi connectivity index (χ1v) is 4.52. The molecule has 0 unspecified atom stereocenters. The Balaban J connectivity index is 2.16. The van der Waals surface area contributed by atoms with E-state index in [1.807, 2.05) is 30.3 Å². The van der Waals surface area contributed by atoms with Crippen molar-refractivity contribution in [2.24, 2.45) is 0 Å². The quantitative estimate of drug-likeness (QED) is 0.819. The van der Waals surface area contributed by atoms with Gasteiger partial charge in [0, 0.05) is 5.69 Å². The number of hydrogen-bond donors (Lipinski definition) is 1. The maximum Gasteiger partial charge on any atom is 0.148 e. The normalized spacial score (nSPS) is 9.79. The van der Waals surface area contributed by atoms with Gasteiger partial charge in [-0.15, -0.1) is 0 Å². The second kappa shape index (κ2) is 4.07. The molecule has 0 aliphatic heterocycles. The molecule has 1 N–H and O–H groups in total. The van der Waals surface area contributed by atoms with Crippen LogP contribution in [0.15, 0.2) is 42.7 Å². The molecule has 0 spiro atoms. The highest BCUT2D eigenvalue weighted by Gasteiger charge is 1.95. The molecule has 4 heteroatoms. The molecule has 0 fully saturated rings. The molecule has 0 radical (unpaired) electrons. The Kier molecular flexibility index (Phi) is 2.60. The molecule has 1 aromatic carbocycles. The Labute approximate surface area is 86.8 Å². The van der Waals surface area contributed by atoms with Crippen LogP contribution in [-0.2, 0) is 0 Å². The summed E-state index contributed by atoms with van der Waals surface area (Å²) in [5.41, 5.74) is 0.976. The predicted molar refractivity (Wildman–Crippen MR) is 56.8 cm³/mol. The SMILES string of the molecule is Clc1cnc(Nc2ccccc2)cn1. The third-order valence-electron chi connectivity index (χ3n) is 1.67. The Bertz CT molecular complexity index is 399. The fourth-order valence-corrected chi connectivity index (χ4v) is 1.14. The highest BCUT2D eigenvalue weighted by atomic mass is 35.5. The molecule has 0 aliphatic carbocycles. The minimum Gasteiger partial charge on any atom is -0.339 e. The Hall–Kier alpha value is -1.61. The van der Waals surface area contributed by atoms with Crippen molar-refractivity contribution in [1.29, 1.82) is 0 Å². The van der Waals surface area contributed by atoms with E-state index in [1.54, 1.807) is 6.20 Å². The lowest BCUT2D eigenvalue weighted by Crippen LogP contribution is -1.93. The van der Waals surface area contributed by atoms with Crippen molar-refractivity contribution in [2.45, 2.75) is 0 Å². The molecular formula is C10H8ClN3. The lowest BCUT2D eigenvalue weighted by Gasteiger charge is -2.03. The van der Waals surface area contributed by atoms with E-state index in [2.05, 4.69) is 15.3 Å². The van der Waals surface area contributed by atoms with Crippen LogP contribution in [0, 0.1) is 0 Å². The molecule has 2 aromatic rings. The highest BCUT2D eigenvalue weighted by molar-refractivity contribution is 6.29. The van der Waals surface area contributed by atoms with E-state index in [-0.39, 0.29) is 0 Å². The molecule has 0 aliphatic rings.